The number of hydrogen-bond donors (Lipinski definition) is 16. The first-order valence-electron chi connectivity index (χ1n) is 19.4. The molecule has 0 radical (unpaired) electrons. The molecule has 4 aliphatic rings. The van der Waals surface area contributed by atoms with E-state index in [1.165, 1.54) is 0 Å². The molecular weight excluding hydrogens is 902 g/mol. The summed E-state index contributed by atoms with van der Waals surface area (Å²) in [5, 5.41) is 135. The van der Waals surface area contributed by atoms with Crippen LogP contribution in [0.15, 0.2) is 0 Å². The number of aliphatic hydroxyl groups excluding tert-OH is 11. The highest BCUT2D eigenvalue weighted by Gasteiger charge is 2.61. The molecule has 0 aromatic heterocycles. The van der Waals surface area contributed by atoms with Gasteiger partial charge in [0.2, 0.25) is 17.7 Å². The largest absolute Gasteiger partial charge is 0.477 e. The number of carboxylic acid groups (broad SMARTS) is 1. The third-order valence-corrected chi connectivity index (χ3v) is 11.0. The smallest absolute Gasteiger partial charge is 0.397 e. The molecule has 3 amide bonds. The van der Waals surface area contributed by atoms with E-state index in [0.717, 1.165) is 20.8 Å². The zero-order valence-electron chi connectivity index (χ0n) is 34.0. The highest BCUT2D eigenvalue weighted by Crippen LogP contribution is 2.39. The van der Waals surface area contributed by atoms with Gasteiger partial charge in [0.15, 0.2) is 18.9 Å². The molecule has 0 saturated carbocycles. The Balaban J connectivity index is 1.73. The Labute approximate surface area is 362 Å². The van der Waals surface area contributed by atoms with Crippen LogP contribution in [0, 0.1) is 0 Å². The van der Waals surface area contributed by atoms with Crippen molar-refractivity contribution < 1.29 is 131 Å². The van der Waals surface area contributed by atoms with E-state index in [-0.39, 0.29) is 0 Å². The fourth-order valence-corrected chi connectivity index (χ4v) is 7.90. The van der Waals surface area contributed by atoms with Gasteiger partial charge in [0.1, 0.15) is 91.4 Å². The fourth-order valence-electron chi connectivity index (χ4n) is 7.60. The summed E-state index contributed by atoms with van der Waals surface area (Å²) in [4.78, 5) is 49.4. The number of rotatable bonds is 18. The molecule has 16 N–H and O–H groups in total. The second-order valence-electron chi connectivity index (χ2n) is 15.3. The van der Waals surface area contributed by atoms with Crippen LogP contribution in [-0.4, -0.2) is 253 Å². The summed E-state index contributed by atoms with van der Waals surface area (Å²) in [6.45, 7) is -1.57. The number of hydrogen-bond acceptors (Lipinski definition) is 25. The van der Waals surface area contributed by atoms with Gasteiger partial charge < -0.3 is 110 Å². The normalized spacial score (nSPS) is 41.6. The Kier molecular flexibility index (Phi) is 18.6. The monoisotopic (exact) mass is 957 g/mol. The lowest BCUT2D eigenvalue weighted by Crippen LogP contribution is -2.71. The second kappa shape index (κ2) is 22.2. The number of nitrogens with one attached hydrogen (secondary N) is 3. The summed E-state index contributed by atoms with van der Waals surface area (Å²) in [5.74, 6) is -7.84. The average molecular weight is 958 g/mol. The number of carbonyl (C=O) groups is 4. The maximum atomic E-state index is 12.9. The van der Waals surface area contributed by atoms with E-state index < -0.39 is 195 Å². The molecule has 30 nitrogen and oxygen atoms in total. The lowest BCUT2D eigenvalue weighted by atomic mass is 9.88. The topological polar surface area (TPSA) is 475 Å². The third-order valence-electron chi connectivity index (χ3n) is 10.6. The zero-order valence-corrected chi connectivity index (χ0v) is 34.8. The summed E-state index contributed by atoms with van der Waals surface area (Å²) in [6.07, 6.45) is -36.5. The number of ether oxygens (including phenoxy) is 7. The SMILES string of the molecule is CC(=O)N[C@H]1[C@H](O[C@H]2[C@@H](O)[C@@H](CO)OC(O)[C@@H]2NC(C)=O)O[C@H](COS(=O)(=O)O)[C@@H](O[C@@H]2O[C@H](CO)[C@H](O)[C@H](O[C@]3(C(=O)O)C[C@H](O)[C@@H](NC(C)=O)[C@H]([C@H](O)[C@H](O)CO)O3)[C@H]2O)[C@@H]1O. The van der Waals surface area contributed by atoms with E-state index in [2.05, 4.69) is 20.1 Å². The summed E-state index contributed by atoms with van der Waals surface area (Å²) in [7, 11) is -5.35. The predicted octanol–water partition coefficient (Wildman–Crippen LogP) is -10.3. The molecule has 1 unspecified atom stereocenters. The number of carboxylic acids is 1. The first kappa shape index (κ1) is 53.6. The number of aliphatic carboxylic acids is 1. The van der Waals surface area contributed by atoms with Crippen LogP contribution in [0.4, 0.5) is 0 Å². The van der Waals surface area contributed by atoms with E-state index in [0.29, 0.717) is 0 Å². The third kappa shape index (κ3) is 12.5. The predicted molar refractivity (Wildman–Crippen MR) is 196 cm³/mol. The van der Waals surface area contributed by atoms with Crippen LogP contribution in [0.5, 0.6) is 0 Å². The van der Waals surface area contributed by atoms with Crippen LogP contribution < -0.4 is 16.0 Å². The molecule has 4 saturated heterocycles. The Bertz CT molecular complexity index is 1720. The molecule has 4 heterocycles. The Hall–Kier alpha value is -2.97. The van der Waals surface area contributed by atoms with Crippen molar-refractivity contribution in [3.63, 3.8) is 0 Å². The van der Waals surface area contributed by atoms with E-state index >= 15 is 0 Å². The average Bonchev–Trinajstić information content (AvgIpc) is 3.20. The van der Waals surface area contributed by atoms with Gasteiger partial charge in [0.05, 0.1) is 38.6 Å². The Morgan fingerprint density at radius 1 is 0.703 bits per heavy atom. The highest BCUT2D eigenvalue weighted by atomic mass is 32.3. The van der Waals surface area contributed by atoms with Crippen molar-refractivity contribution in [3.8, 4) is 0 Å². The van der Waals surface area contributed by atoms with Crippen LogP contribution >= 0.6 is 0 Å². The highest BCUT2D eigenvalue weighted by molar-refractivity contribution is 7.80. The number of carbonyl (C=O) groups excluding carboxylic acids is 3. The molecule has 4 rings (SSSR count). The van der Waals surface area contributed by atoms with Gasteiger partial charge in [-0.2, -0.15) is 8.42 Å². The van der Waals surface area contributed by atoms with Gasteiger partial charge in [-0.25, -0.2) is 8.98 Å². The standard InChI is InChI=1S/C33H55N3O27S/c1-9(40)34-17-12(43)4-33(32(51)52,62-27(17)20(45)13(44)5-37)63-28-22(47)15(7-39)58-31(24(28)49)60-25-16(8-56-64(53,54)55)59-30(18(23(25)48)35-10(2)41)61-26-19(36-11(3)42)29(50)57-14(6-38)21(26)46/h12-31,37-39,43-50H,4-8H2,1-3H3,(H,34,40)(H,35,41)(H,36,42)(H,51,52)(H,53,54,55)/t12-,13+,14+,15+,16+,17+,18+,19+,20+,21-,22-,23+,24+,25+,26+,27+,28-,29?,30-,31-,33-/m0/s1. The molecule has 4 fully saturated rings. The lowest BCUT2D eigenvalue weighted by Gasteiger charge is -2.51. The van der Waals surface area contributed by atoms with Crippen molar-refractivity contribution in [2.45, 2.75) is 155 Å². The van der Waals surface area contributed by atoms with Crippen molar-refractivity contribution in [1.29, 1.82) is 0 Å². The minimum Gasteiger partial charge on any atom is -0.477 e. The van der Waals surface area contributed by atoms with E-state index in [4.69, 9.17) is 33.2 Å². The van der Waals surface area contributed by atoms with Crippen molar-refractivity contribution in [2.24, 2.45) is 0 Å². The van der Waals surface area contributed by atoms with Gasteiger partial charge in [-0.3, -0.25) is 18.9 Å². The molecule has 370 valence electrons. The summed E-state index contributed by atoms with van der Waals surface area (Å²) >= 11 is 0. The molecular formula is C33H55N3O27S. The minimum absolute atomic E-state index is 0.793. The Morgan fingerprint density at radius 3 is 1.75 bits per heavy atom. The molecule has 0 aromatic carbocycles. The molecule has 0 spiro atoms. The van der Waals surface area contributed by atoms with Gasteiger partial charge in [-0.1, -0.05) is 0 Å². The van der Waals surface area contributed by atoms with Crippen LogP contribution in [-0.2, 0) is 66.9 Å². The lowest BCUT2D eigenvalue weighted by molar-refractivity contribution is -0.385. The van der Waals surface area contributed by atoms with Crippen molar-refractivity contribution in [1.82, 2.24) is 16.0 Å². The van der Waals surface area contributed by atoms with Crippen LogP contribution in [0.25, 0.3) is 0 Å². The number of amides is 3. The summed E-state index contributed by atoms with van der Waals surface area (Å²) in [5.41, 5.74) is 0. The maximum absolute atomic E-state index is 12.9. The molecule has 21 atom stereocenters. The zero-order chi connectivity index (χ0) is 48.2. The van der Waals surface area contributed by atoms with Gasteiger partial charge in [0, 0.05) is 27.2 Å². The van der Waals surface area contributed by atoms with E-state index in [9.17, 15) is 93.4 Å². The quantitative estimate of drug-likeness (QED) is 0.0567. The molecule has 0 aliphatic carbocycles. The van der Waals surface area contributed by atoms with Gasteiger partial charge in [-0.15, -0.1) is 0 Å². The molecule has 0 aromatic rings. The number of aliphatic hydroxyl groups is 11. The van der Waals surface area contributed by atoms with Crippen LogP contribution in [0.2, 0.25) is 0 Å². The summed E-state index contributed by atoms with van der Waals surface area (Å²) < 4.78 is 76.7. The molecule has 64 heavy (non-hydrogen) atoms. The summed E-state index contributed by atoms with van der Waals surface area (Å²) in [6, 6.07) is -5.18. The second-order valence-corrected chi connectivity index (χ2v) is 16.4. The van der Waals surface area contributed by atoms with Crippen molar-refractivity contribution in [2.75, 3.05) is 26.4 Å². The van der Waals surface area contributed by atoms with Crippen molar-refractivity contribution >= 4 is 34.1 Å². The van der Waals surface area contributed by atoms with Crippen LogP contribution in [0.3, 0.4) is 0 Å². The molecule has 4 aliphatic heterocycles. The van der Waals surface area contributed by atoms with Crippen molar-refractivity contribution in [3.05, 3.63) is 0 Å². The maximum Gasteiger partial charge on any atom is 0.397 e. The van der Waals surface area contributed by atoms with Gasteiger partial charge in [-0.05, 0) is 0 Å². The Morgan fingerprint density at radius 2 is 1.22 bits per heavy atom. The molecule has 31 heteroatoms. The van der Waals surface area contributed by atoms with E-state index in [1.807, 2.05) is 0 Å². The molecule has 0 bridgehead atoms. The minimum atomic E-state index is -5.35. The van der Waals surface area contributed by atoms with Crippen LogP contribution in [0.1, 0.15) is 27.2 Å². The first-order valence-corrected chi connectivity index (χ1v) is 20.7. The van der Waals surface area contributed by atoms with E-state index in [1.54, 1.807) is 0 Å². The van der Waals surface area contributed by atoms with Gasteiger partial charge in [0.25, 0.3) is 5.79 Å². The van der Waals surface area contributed by atoms with Gasteiger partial charge >= 0.3 is 16.4 Å². The fraction of sp³-hybridized carbons (Fsp3) is 0.879. The first-order chi connectivity index (χ1) is 29.8.